The molecule has 0 unspecified atom stereocenters. The molecule has 2 heterocycles. The molecule has 1 aliphatic heterocycles. The lowest BCUT2D eigenvalue weighted by atomic mass is 10.2. The summed E-state index contributed by atoms with van der Waals surface area (Å²) in [4.78, 5) is 4.87. The number of anilines is 1. The van der Waals surface area contributed by atoms with Gasteiger partial charge in [0.25, 0.3) is 0 Å². The lowest BCUT2D eigenvalue weighted by Gasteiger charge is -2.36. The Morgan fingerprint density at radius 3 is 2.65 bits per heavy atom. The number of aromatic nitrogens is 2. The van der Waals surface area contributed by atoms with Crippen molar-refractivity contribution in [2.75, 3.05) is 37.6 Å². The van der Waals surface area contributed by atoms with E-state index in [1.165, 1.54) is 5.56 Å². The zero-order valence-electron chi connectivity index (χ0n) is 11.4. The van der Waals surface area contributed by atoms with Gasteiger partial charge in [0.05, 0.1) is 16.9 Å². The van der Waals surface area contributed by atoms with Crippen molar-refractivity contribution in [3.8, 4) is 0 Å². The Labute approximate surface area is 124 Å². The number of nitrogens with one attached hydrogen (secondary N) is 1. The number of halogens is 1. The van der Waals surface area contributed by atoms with Gasteiger partial charge in [-0.15, -0.1) is 0 Å². The summed E-state index contributed by atoms with van der Waals surface area (Å²) in [5.74, 6) is 0. The van der Waals surface area contributed by atoms with Gasteiger partial charge in [0.15, 0.2) is 0 Å². The van der Waals surface area contributed by atoms with Crippen LogP contribution in [0.15, 0.2) is 36.7 Å². The number of hydrogen-bond acceptors (Lipinski definition) is 3. The number of para-hydroxylation sites is 1. The highest BCUT2D eigenvalue weighted by molar-refractivity contribution is 6.33. The van der Waals surface area contributed by atoms with Crippen LogP contribution in [0.25, 0.3) is 0 Å². The van der Waals surface area contributed by atoms with Crippen LogP contribution in [0.5, 0.6) is 0 Å². The molecule has 0 bridgehead atoms. The van der Waals surface area contributed by atoms with Gasteiger partial charge in [-0.05, 0) is 24.1 Å². The van der Waals surface area contributed by atoms with E-state index in [2.05, 4.69) is 26.1 Å². The minimum Gasteiger partial charge on any atom is -0.368 e. The molecule has 0 radical (unpaired) electrons. The molecule has 4 nitrogen and oxygen atoms in total. The predicted octanol–water partition coefficient (Wildman–Crippen LogP) is 2.43. The standard InChI is InChI=1S/C15H19ClN4/c16-14-3-1-2-4-15(14)20-9-7-19(8-10-20)6-5-13-11-17-18-12-13/h1-4,11-12H,5-10H2,(H,17,18). The molecule has 20 heavy (non-hydrogen) atoms. The van der Waals surface area contributed by atoms with Crippen LogP contribution in [0.2, 0.25) is 5.02 Å². The fraction of sp³-hybridized carbons (Fsp3) is 0.400. The van der Waals surface area contributed by atoms with Crippen molar-refractivity contribution in [1.29, 1.82) is 0 Å². The maximum Gasteiger partial charge on any atom is 0.0639 e. The molecule has 0 spiro atoms. The lowest BCUT2D eigenvalue weighted by Crippen LogP contribution is -2.47. The van der Waals surface area contributed by atoms with Gasteiger partial charge in [0.1, 0.15) is 0 Å². The van der Waals surface area contributed by atoms with Crippen LogP contribution in [0.1, 0.15) is 5.56 Å². The van der Waals surface area contributed by atoms with E-state index in [1.54, 1.807) is 0 Å². The van der Waals surface area contributed by atoms with Crippen molar-refractivity contribution in [1.82, 2.24) is 15.1 Å². The van der Waals surface area contributed by atoms with Crippen LogP contribution in [0.4, 0.5) is 5.69 Å². The van der Waals surface area contributed by atoms with E-state index in [1.807, 2.05) is 30.6 Å². The van der Waals surface area contributed by atoms with Crippen molar-refractivity contribution >= 4 is 17.3 Å². The molecule has 0 amide bonds. The van der Waals surface area contributed by atoms with Gasteiger partial charge in [-0.25, -0.2) is 0 Å². The molecule has 0 atom stereocenters. The number of piperazine rings is 1. The number of benzene rings is 1. The predicted molar refractivity (Wildman–Crippen MR) is 82.4 cm³/mol. The molecule has 1 saturated heterocycles. The molecule has 106 valence electrons. The van der Waals surface area contributed by atoms with E-state index in [-0.39, 0.29) is 0 Å². The highest BCUT2D eigenvalue weighted by Gasteiger charge is 2.18. The molecule has 1 fully saturated rings. The second-order valence-corrected chi connectivity index (χ2v) is 5.54. The first kappa shape index (κ1) is 13.5. The quantitative estimate of drug-likeness (QED) is 0.939. The zero-order chi connectivity index (χ0) is 13.8. The number of nitrogens with zero attached hydrogens (tertiary/aromatic N) is 3. The van der Waals surface area contributed by atoms with Crippen molar-refractivity contribution < 1.29 is 0 Å². The second-order valence-electron chi connectivity index (χ2n) is 5.14. The van der Waals surface area contributed by atoms with Gasteiger partial charge in [-0.3, -0.25) is 10.00 Å². The monoisotopic (exact) mass is 290 g/mol. The summed E-state index contributed by atoms with van der Waals surface area (Å²) in [5.41, 5.74) is 2.43. The topological polar surface area (TPSA) is 35.2 Å². The van der Waals surface area contributed by atoms with Gasteiger partial charge >= 0.3 is 0 Å². The summed E-state index contributed by atoms with van der Waals surface area (Å²) in [6.45, 7) is 5.34. The van der Waals surface area contributed by atoms with Crippen LogP contribution in [0.3, 0.4) is 0 Å². The number of hydrogen-bond donors (Lipinski definition) is 1. The summed E-state index contributed by atoms with van der Waals surface area (Å²) in [7, 11) is 0. The van der Waals surface area contributed by atoms with E-state index in [4.69, 9.17) is 11.6 Å². The first-order valence-corrected chi connectivity index (χ1v) is 7.40. The third-order valence-corrected chi connectivity index (χ3v) is 4.16. The Balaban J connectivity index is 1.51. The van der Waals surface area contributed by atoms with Crippen molar-refractivity contribution in [2.24, 2.45) is 0 Å². The maximum atomic E-state index is 6.26. The molecular formula is C15H19ClN4. The molecule has 0 aliphatic carbocycles. The molecule has 3 rings (SSSR count). The van der Waals surface area contributed by atoms with Crippen LogP contribution < -0.4 is 4.90 Å². The summed E-state index contributed by atoms with van der Waals surface area (Å²) in [6, 6.07) is 8.09. The van der Waals surface area contributed by atoms with Crippen LogP contribution in [-0.2, 0) is 6.42 Å². The fourth-order valence-corrected chi connectivity index (χ4v) is 2.88. The van der Waals surface area contributed by atoms with Gasteiger partial charge in [-0.1, -0.05) is 23.7 Å². The van der Waals surface area contributed by atoms with Gasteiger partial charge < -0.3 is 4.90 Å². The number of H-pyrrole nitrogens is 1. The van der Waals surface area contributed by atoms with E-state index in [9.17, 15) is 0 Å². The summed E-state index contributed by atoms with van der Waals surface area (Å²) in [6.07, 6.45) is 4.93. The van der Waals surface area contributed by atoms with E-state index in [0.29, 0.717) is 0 Å². The van der Waals surface area contributed by atoms with Gasteiger partial charge in [-0.2, -0.15) is 5.10 Å². The average Bonchev–Trinajstić information content (AvgIpc) is 3.00. The lowest BCUT2D eigenvalue weighted by molar-refractivity contribution is 0.261. The van der Waals surface area contributed by atoms with Crippen LogP contribution in [-0.4, -0.2) is 47.8 Å². The Hall–Kier alpha value is -1.52. The minimum absolute atomic E-state index is 0.847. The second kappa shape index (κ2) is 6.29. The van der Waals surface area contributed by atoms with Crippen molar-refractivity contribution in [3.05, 3.63) is 47.2 Å². The summed E-state index contributed by atoms with van der Waals surface area (Å²) < 4.78 is 0. The molecule has 0 saturated carbocycles. The first-order chi connectivity index (χ1) is 9.83. The summed E-state index contributed by atoms with van der Waals surface area (Å²) in [5, 5.41) is 7.69. The molecule has 1 aromatic heterocycles. The van der Waals surface area contributed by atoms with Crippen molar-refractivity contribution in [2.45, 2.75) is 6.42 Å². The zero-order valence-corrected chi connectivity index (χ0v) is 12.2. The Morgan fingerprint density at radius 1 is 1.15 bits per heavy atom. The Bertz CT molecular complexity index is 533. The largest absolute Gasteiger partial charge is 0.368 e. The highest BCUT2D eigenvalue weighted by atomic mass is 35.5. The van der Waals surface area contributed by atoms with Gasteiger partial charge in [0, 0.05) is 38.9 Å². The smallest absolute Gasteiger partial charge is 0.0639 e. The van der Waals surface area contributed by atoms with E-state index >= 15 is 0 Å². The van der Waals surface area contributed by atoms with Crippen LogP contribution in [0, 0.1) is 0 Å². The number of rotatable bonds is 4. The minimum atomic E-state index is 0.847. The van der Waals surface area contributed by atoms with Crippen molar-refractivity contribution in [3.63, 3.8) is 0 Å². The Kier molecular flexibility index (Phi) is 4.23. The Morgan fingerprint density at radius 2 is 1.95 bits per heavy atom. The third kappa shape index (κ3) is 3.14. The average molecular weight is 291 g/mol. The molecule has 5 heteroatoms. The normalized spacial score (nSPS) is 16.6. The molecular weight excluding hydrogens is 272 g/mol. The van der Waals surface area contributed by atoms with Gasteiger partial charge in [0.2, 0.25) is 0 Å². The maximum absolute atomic E-state index is 6.26. The molecule has 2 aromatic rings. The third-order valence-electron chi connectivity index (χ3n) is 3.84. The SMILES string of the molecule is Clc1ccccc1N1CCN(CCc2cn[nH]c2)CC1. The van der Waals surface area contributed by atoms with E-state index in [0.717, 1.165) is 49.9 Å². The molecule has 1 N–H and O–H groups in total. The first-order valence-electron chi connectivity index (χ1n) is 7.02. The highest BCUT2D eigenvalue weighted by Crippen LogP contribution is 2.25. The summed E-state index contributed by atoms with van der Waals surface area (Å²) >= 11 is 6.26. The molecule has 1 aliphatic rings. The fourth-order valence-electron chi connectivity index (χ4n) is 2.62. The van der Waals surface area contributed by atoms with E-state index < -0.39 is 0 Å². The molecule has 1 aromatic carbocycles. The number of aromatic amines is 1. The van der Waals surface area contributed by atoms with Crippen LogP contribution >= 0.6 is 11.6 Å².